The first kappa shape index (κ1) is 22.7. The summed E-state index contributed by atoms with van der Waals surface area (Å²) in [6.45, 7) is 11.8. The fourth-order valence-electron chi connectivity index (χ4n) is 3.22. The third-order valence-electron chi connectivity index (χ3n) is 4.95. The highest BCUT2D eigenvalue weighted by molar-refractivity contribution is 7.91. The van der Waals surface area contributed by atoms with Gasteiger partial charge in [0.1, 0.15) is 0 Å². The maximum absolute atomic E-state index is 12.7. The summed E-state index contributed by atoms with van der Waals surface area (Å²) in [7, 11) is -1.37. The van der Waals surface area contributed by atoms with Gasteiger partial charge in [-0.05, 0) is 36.5 Å². The second-order valence-corrected chi connectivity index (χ2v) is 10.5. The predicted molar refractivity (Wildman–Crippen MR) is 115 cm³/mol. The maximum atomic E-state index is 12.7. The van der Waals surface area contributed by atoms with Crippen LogP contribution in [0.15, 0.2) is 34.2 Å². The Morgan fingerprint density at radius 1 is 1.29 bits per heavy atom. The van der Waals surface area contributed by atoms with E-state index in [2.05, 4.69) is 36.0 Å². The average Bonchev–Trinajstić information content (AvgIpc) is 3.13. The van der Waals surface area contributed by atoms with Crippen LogP contribution in [-0.2, 0) is 20.0 Å². The van der Waals surface area contributed by atoms with Gasteiger partial charge < -0.3 is 15.0 Å². The normalized spacial score (nSPS) is 18.3. The average molecular weight is 410 g/mol. The molecule has 1 atom stereocenters. The van der Waals surface area contributed by atoms with Crippen molar-refractivity contribution in [2.24, 2.45) is 10.9 Å². The van der Waals surface area contributed by atoms with Gasteiger partial charge in [-0.2, -0.15) is 0 Å². The highest BCUT2D eigenvalue weighted by atomic mass is 32.2. The van der Waals surface area contributed by atoms with Gasteiger partial charge in [-0.15, -0.1) is 0 Å². The molecule has 1 saturated heterocycles. The number of hydrogen-bond acceptors (Lipinski definition) is 4. The number of rotatable bonds is 7. The van der Waals surface area contributed by atoms with E-state index >= 15 is 0 Å². The van der Waals surface area contributed by atoms with Crippen LogP contribution in [0.25, 0.3) is 0 Å². The second-order valence-electron chi connectivity index (χ2n) is 8.44. The van der Waals surface area contributed by atoms with Crippen molar-refractivity contribution in [1.29, 1.82) is 0 Å². The van der Waals surface area contributed by atoms with E-state index in [4.69, 9.17) is 4.74 Å². The molecule has 1 aliphatic heterocycles. The van der Waals surface area contributed by atoms with E-state index in [0.29, 0.717) is 10.8 Å². The van der Waals surface area contributed by atoms with E-state index in [9.17, 15) is 8.42 Å². The van der Waals surface area contributed by atoms with Gasteiger partial charge >= 0.3 is 0 Å². The quantitative estimate of drug-likeness (QED) is 0.554. The fraction of sp³-hybridized carbons (Fsp3) is 0.667. The van der Waals surface area contributed by atoms with Gasteiger partial charge in [-0.1, -0.05) is 32.9 Å². The molecular weight excluding hydrogens is 374 g/mol. The summed E-state index contributed by atoms with van der Waals surface area (Å²) in [5.41, 5.74) is 1.12. The molecule has 1 heterocycles. The maximum Gasteiger partial charge on any atom is 0.193 e. The van der Waals surface area contributed by atoms with E-state index in [0.717, 1.165) is 44.2 Å². The molecule has 158 valence electrons. The van der Waals surface area contributed by atoms with Crippen molar-refractivity contribution >= 4 is 15.8 Å². The number of nitrogens with zero attached hydrogens (tertiary/aromatic N) is 2. The van der Waals surface area contributed by atoms with E-state index in [1.807, 2.05) is 26.1 Å². The van der Waals surface area contributed by atoms with Crippen molar-refractivity contribution in [3.8, 4) is 0 Å². The SMILES string of the molecule is CCNC(=NCCS(=O)(=O)c1ccc(C(C)(C)C)cc1)N(C)CC1CCOC1. The molecule has 1 aromatic rings. The molecule has 0 saturated carbocycles. The fourth-order valence-corrected chi connectivity index (χ4v) is 4.34. The van der Waals surface area contributed by atoms with E-state index < -0.39 is 9.84 Å². The lowest BCUT2D eigenvalue weighted by molar-refractivity contribution is 0.181. The van der Waals surface area contributed by atoms with Crippen LogP contribution in [0.5, 0.6) is 0 Å². The molecule has 1 aliphatic rings. The number of aliphatic imine (C=N–C) groups is 1. The van der Waals surface area contributed by atoms with Gasteiger partial charge in [0.25, 0.3) is 0 Å². The van der Waals surface area contributed by atoms with E-state index in [-0.39, 0.29) is 17.7 Å². The van der Waals surface area contributed by atoms with Crippen LogP contribution in [0.2, 0.25) is 0 Å². The van der Waals surface area contributed by atoms with Crippen LogP contribution in [-0.4, -0.2) is 64.9 Å². The van der Waals surface area contributed by atoms with Crippen molar-refractivity contribution in [2.45, 2.75) is 44.4 Å². The van der Waals surface area contributed by atoms with Crippen molar-refractivity contribution < 1.29 is 13.2 Å². The van der Waals surface area contributed by atoms with Crippen LogP contribution in [0.4, 0.5) is 0 Å². The zero-order chi connectivity index (χ0) is 20.8. The minimum atomic E-state index is -3.35. The first-order valence-corrected chi connectivity index (χ1v) is 11.7. The zero-order valence-corrected chi connectivity index (χ0v) is 18.7. The third kappa shape index (κ3) is 6.48. The highest BCUT2D eigenvalue weighted by Gasteiger charge is 2.20. The Bertz CT molecular complexity index is 746. The molecule has 1 N–H and O–H groups in total. The molecule has 0 amide bonds. The molecule has 0 spiro atoms. The molecule has 1 fully saturated rings. The Labute approximate surface area is 170 Å². The smallest absolute Gasteiger partial charge is 0.193 e. The molecule has 0 aromatic heterocycles. The van der Waals surface area contributed by atoms with Gasteiger partial charge in [-0.25, -0.2) is 8.42 Å². The van der Waals surface area contributed by atoms with Crippen molar-refractivity contribution in [2.75, 3.05) is 45.6 Å². The Balaban J connectivity index is 2.00. The largest absolute Gasteiger partial charge is 0.381 e. The minimum Gasteiger partial charge on any atom is -0.381 e. The number of benzene rings is 1. The van der Waals surface area contributed by atoms with Crippen LogP contribution in [0.1, 0.15) is 39.7 Å². The number of sulfone groups is 1. The zero-order valence-electron chi connectivity index (χ0n) is 17.9. The summed E-state index contributed by atoms with van der Waals surface area (Å²) in [5, 5.41) is 3.25. The van der Waals surface area contributed by atoms with Gasteiger partial charge in [-0.3, -0.25) is 4.99 Å². The second kappa shape index (κ2) is 9.74. The number of ether oxygens (including phenoxy) is 1. The summed E-state index contributed by atoms with van der Waals surface area (Å²) in [6, 6.07) is 7.21. The standard InChI is InChI=1S/C21H35N3O3S/c1-6-22-20(24(5)15-17-11-13-27-16-17)23-12-14-28(25,26)19-9-7-18(8-10-19)21(2,3)4/h7-10,17H,6,11-16H2,1-5H3,(H,22,23). The summed E-state index contributed by atoms with van der Waals surface area (Å²) in [5.74, 6) is 1.24. The molecule has 1 unspecified atom stereocenters. The summed E-state index contributed by atoms with van der Waals surface area (Å²) in [6.07, 6.45) is 1.06. The Morgan fingerprint density at radius 3 is 2.50 bits per heavy atom. The minimum absolute atomic E-state index is 0.00223. The Hall–Kier alpha value is -1.60. The lowest BCUT2D eigenvalue weighted by Gasteiger charge is -2.24. The van der Waals surface area contributed by atoms with E-state index in [1.165, 1.54) is 0 Å². The van der Waals surface area contributed by atoms with Crippen LogP contribution in [0, 0.1) is 5.92 Å². The molecule has 0 aliphatic carbocycles. The van der Waals surface area contributed by atoms with Crippen LogP contribution >= 0.6 is 0 Å². The number of guanidine groups is 1. The van der Waals surface area contributed by atoms with Gasteiger partial charge in [0, 0.05) is 32.7 Å². The lowest BCUT2D eigenvalue weighted by Crippen LogP contribution is -2.41. The van der Waals surface area contributed by atoms with Crippen LogP contribution in [0.3, 0.4) is 0 Å². The highest BCUT2D eigenvalue weighted by Crippen LogP contribution is 2.23. The predicted octanol–water partition coefficient (Wildman–Crippen LogP) is 2.69. The van der Waals surface area contributed by atoms with Gasteiger partial charge in [0.05, 0.1) is 23.8 Å². The monoisotopic (exact) mass is 409 g/mol. The first-order valence-electron chi connectivity index (χ1n) is 10.0. The van der Waals surface area contributed by atoms with Crippen molar-refractivity contribution in [3.05, 3.63) is 29.8 Å². The molecular formula is C21H35N3O3S. The first-order chi connectivity index (χ1) is 13.1. The third-order valence-corrected chi connectivity index (χ3v) is 6.66. The molecule has 28 heavy (non-hydrogen) atoms. The number of hydrogen-bond donors (Lipinski definition) is 1. The molecule has 0 bridgehead atoms. The summed E-state index contributed by atoms with van der Waals surface area (Å²) in [4.78, 5) is 6.96. The molecule has 1 aromatic carbocycles. The van der Waals surface area contributed by atoms with Gasteiger partial charge in [0.15, 0.2) is 15.8 Å². The summed E-state index contributed by atoms with van der Waals surface area (Å²) < 4.78 is 30.8. The Kier molecular flexibility index (Phi) is 7.89. The lowest BCUT2D eigenvalue weighted by atomic mass is 9.87. The molecule has 2 rings (SSSR count). The molecule has 6 nitrogen and oxygen atoms in total. The number of nitrogens with one attached hydrogen (secondary N) is 1. The van der Waals surface area contributed by atoms with Crippen molar-refractivity contribution in [3.63, 3.8) is 0 Å². The van der Waals surface area contributed by atoms with Crippen LogP contribution < -0.4 is 5.32 Å². The molecule has 7 heteroatoms. The molecule has 0 radical (unpaired) electrons. The van der Waals surface area contributed by atoms with Gasteiger partial charge in [0.2, 0.25) is 0 Å². The van der Waals surface area contributed by atoms with Crippen molar-refractivity contribution in [1.82, 2.24) is 10.2 Å². The Morgan fingerprint density at radius 2 is 1.96 bits per heavy atom. The van der Waals surface area contributed by atoms with E-state index in [1.54, 1.807) is 12.1 Å². The summed E-state index contributed by atoms with van der Waals surface area (Å²) >= 11 is 0. The topological polar surface area (TPSA) is 71.0 Å².